The molecule has 27 heavy (non-hydrogen) atoms. The summed E-state index contributed by atoms with van der Waals surface area (Å²) in [7, 11) is 0. The molecule has 2 heterocycles. The van der Waals surface area contributed by atoms with E-state index in [9.17, 15) is 9.59 Å². The molecule has 1 aliphatic heterocycles. The van der Waals surface area contributed by atoms with Gasteiger partial charge in [0.15, 0.2) is 0 Å². The lowest BCUT2D eigenvalue weighted by Gasteiger charge is -2.42. The minimum atomic E-state index is -0.524. The van der Waals surface area contributed by atoms with Crippen LogP contribution in [0.1, 0.15) is 29.6 Å². The van der Waals surface area contributed by atoms with Gasteiger partial charge in [-0.25, -0.2) is 4.98 Å². The molecule has 1 aliphatic rings. The van der Waals surface area contributed by atoms with Crippen LogP contribution >= 0.6 is 11.6 Å². The number of carbonyl (C=O) groups excluding carboxylic acids is 2. The van der Waals surface area contributed by atoms with Crippen LogP contribution < -0.4 is 10.5 Å². The Morgan fingerprint density at radius 3 is 2.70 bits per heavy atom. The number of carbonyl (C=O) groups is 2. The summed E-state index contributed by atoms with van der Waals surface area (Å²) in [6.07, 6.45) is 3.22. The van der Waals surface area contributed by atoms with Crippen molar-refractivity contribution in [2.45, 2.75) is 19.3 Å². The molecule has 7 heteroatoms. The summed E-state index contributed by atoms with van der Waals surface area (Å²) in [5.41, 5.74) is 5.34. The second-order valence-corrected chi connectivity index (χ2v) is 7.27. The maximum absolute atomic E-state index is 12.9. The van der Waals surface area contributed by atoms with Gasteiger partial charge in [-0.05, 0) is 37.1 Å². The Hall–Kier alpha value is -2.60. The van der Waals surface area contributed by atoms with E-state index < -0.39 is 11.3 Å². The van der Waals surface area contributed by atoms with Crippen molar-refractivity contribution >= 4 is 23.4 Å². The third-order valence-electron chi connectivity index (χ3n) is 4.78. The van der Waals surface area contributed by atoms with E-state index >= 15 is 0 Å². The predicted octanol–water partition coefficient (Wildman–Crippen LogP) is 2.91. The van der Waals surface area contributed by atoms with Crippen molar-refractivity contribution < 1.29 is 14.3 Å². The van der Waals surface area contributed by atoms with Crippen molar-refractivity contribution in [3.8, 4) is 5.75 Å². The minimum Gasteiger partial charge on any atom is -0.493 e. The number of aromatic nitrogens is 1. The molecule has 0 saturated carbocycles. The van der Waals surface area contributed by atoms with Crippen LogP contribution in [0.25, 0.3) is 0 Å². The van der Waals surface area contributed by atoms with E-state index in [1.807, 2.05) is 30.3 Å². The van der Waals surface area contributed by atoms with Gasteiger partial charge in [-0.1, -0.05) is 29.8 Å². The molecule has 0 radical (unpaired) electrons. The Morgan fingerprint density at radius 2 is 2.00 bits per heavy atom. The highest BCUT2D eigenvalue weighted by Crippen LogP contribution is 2.35. The van der Waals surface area contributed by atoms with E-state index in [-0.39, 0.29) is 17.5 Å². The van der Waals surface area contributed by atoms with Crippen molar-refractivity contribution in [1.29, 1.82) is 0 Å². The second-order valence-electron chi connectivity index (χ2n) is 6.92. The number of primary amides is 1. The Bertz CT molecular complexity index is 815. The SMILES string of the molecule is NC(=O)C[C@]1(COc2ccccc2)CCCN(C(=O)c2cccnc2Cl)C1. The van der Waals surface area contributed by atoms with Crippen molar-refractivity contribution in [2.24, 2.45) is 11.1 Å². The summed E-state index contributed by atoms with van der Waals surface area (Å²) >= 11 is 6.08. The number of pyridine rings is 1. The van der Waals surface area contributed by atoms with Crippen LogP contribution in [-0.4, -0.2) is 41.4 Å². The molecular formula is C20H22ClN3O3. The number of ether oxygens (including phenoxy) is 1. The highest BCUT2D eigenvalue weighted by molar-refractivity contribution is 6.32. The van der Waals surface area contributed by atoms with E-state index in [0.717, 1.165) is 18.6 Å². The lowest BCUT2D eigenvalue weighted by Crippen LogP contribution is -2.50. The molecule has 0 aliphatic carbocycles. The van der Waals surface area contributed by atoms with Gasteiger partial charge in [-0.15, -0.1) is 0 Å². The Morgan fingerprint density at radius 1 is 1.22 bits per heavy atom. The molecular weight excluding hydrogens is 366 g/mol. The van der Waals surface area contributed by atoms with Gasteiger partial charge in [0, 0.05) is 31.1 Å². The number of likely N-dealkylation sites (tertiary alicyclic amines) is 1. The molecule has 2 N–H and O–H groups in total. The Balaban J connectivity index is 1.78. The quantitative estimate of drug-likeness (QED) is 0.772. The van der Waals surface area contributed by atoms with Gasteiger partial charge in [0.05, 0.1) is 12.2 Å². The third kappa shape index (κ3) is 4.77. The van der Waals surface area contributed by atoms with Gasteiger partial charge in [-0.3, -0.25) is 9.59 Å². The van der Waals surface area contributed by atoms with Crippen LogP contribution in [0.2, 0.25) is 5.15 Å². The fourth-order valence-corrected chi connectivity index (χ4v) is 3.73. The first-order chi connectivity index (χ1) is 13.0. The van der Waals surface area contributed by atoms with E-state index in [1.54, 1.807) is 23.2 Å². The number of hydrogen-bond acceptors (Lipinski definition) is 4. The second kappa shape index (κ2) is 8.39. The number of amides is 2. The van der Waals surface area contributed by atoms with Crippen LogP contribution in [0.4, 0.5) is 0 Å². The number of piperidine rings is 1. The summed E-state index contributed by atoms with van der Waals surface area (Å²) in [5.74, 6) is 0.127. The molecule has 0 unspecified atom stereocenters. The first kappa shape index (κ1) is 19.2. The predicted molar refractivity (Wildman–Crippen MR) is 103 cm³/mol. The molecule has 1 atom stereocenters. The van der Waals surface area contributed by atoms with Gasteiger partial charge in [-0.2, -0.15) is 0 Å². The molecule has 1 aromatic carbocycles. The highest BCUT2D eigenvalue weighted by atomic mass is 35.5. The summed E-state index contributed by atoms with van der Waals surface area (Å²) in [6.45, 7) is 1.28. The summed E-state index contributed by atoms with van der Waals surface area (Å²) in [5, 5.41) is 0.175. The summed E-state index contributed by atoms with van der Waals surface area (Å²) in [4.78, 5) is 30.3. The normalized spacial score (nSPS) is 19.5. The monoisotopic (exact) mass is 387 g/mol. The molecule has 1 fully saturated rings. The average molecular weight is 388 g/mol. The molecule has 2 amide bonds. The summed E-state index contributed by atoms with van der Waals surface area (Å²) < 4.78 is 5.92. The minimum absolute atomic E-state index is 0.157. The topological polar surface area (TPSA) is 85.5 Å². The number of nitrogens with zero attached hydrogens (tertiary/aromatic N) is 2. The average Bonchev–Trinajstić information content (AvgIpc) is 2.67. The zero-order valence-electron chi connectivity index (χ0n) is 14.9. The number of para-hydroxylation sites is 1. The maximum Gasteiger partial charge on any atom is 0.257 e. The zero-order valence-corrected chi connectivity index (χ0v) is 15.7. The van der Waals surface area contributed by atoms with Gasteiger partial charge in [0.25, 0.3) is 5.91 Å². The van der Waals surface area contributed by atoms with Gasteiger partial charge in [0.1, 0.15) is 10.9 Å². The van der Waals surface area contributed by atoms with Crippen molar-refractivity contribution in [3.63, 3.8) is 0 Å². The molecule has 1 saturated heterocycles. The van der Waals surface area contributed by atoms with Crippen LogP contribution in [-0.2, 0) is 4.79 Å². The van der Waals surface area contributed by atoms with E-state index in [4.69, 9.17) is 22.1 Å². The van der Waals surface area contributed by atoms with Crippen LogP contribution in [0.3, 0.4) is 0 Å². The molecule has 3 rings (SSSR count). The maximum atomic E-state index is 12.9. The number of hydrogen-bond donors (Lipinski definition) is 1. The number of benzene rings is 1. The van der Waals surface area contributed by atoms with E-state index in [2.05, 4.69) is 4.98 Å². The molecule has 0 spiro atoms. The smallest absolute Gasteiger partial charge is 0.257 e. The molecule has 1 aromatic heterocycles. The fraction of sp³-hybridized carbons (Fsp3) is 0.350. The standard InChI is InChI=1S/C20H22ClN3O3/c21-18-16(8-4-10-23-18)19(26)24-11-5-9-20(13-24,12-17(22)25)14-27-15-6-2-1-3-7-15/h1-4,6-8,10H,5,9,11-14H2,(H2,22,25)/t20-/m1/s1. The fourth-order valence-electron chi connectivity index (χ4n) is 3.53. The van der Waals surface area contributed by atoms with Gasteiger partial charge in [0.2, 0.25) is 5.91 Å². The van der Waals surface area contributed by atoms with Crippen molar-refractivity contribution in [2.75, 3.05) is 19.7 Å². The Kier molecular flexibility index (Phi) is 5.96. The first-order valence-electron chi connectivity index (χ1n) is 8.85. The lowest BCUT2D eigenvalue weighted by atomic mass is 9.77. The van der Waals surface area contributed by atoms with Crippen molar-refractivity contribution in [3.05, 3.63) is 59.4 Å². The zero-order chi connectivity index (χ0) is 19.3. The van der Waals surface area contributed by atoms with Crippen LogP contribution in [0, 0.1) is 5.41 Å². The number of halogens is 1. The molecule has 0 bridgehead atoms. The van der Waals surface area contributed by atoms with Gasteiger partial charge < -0.3 is 15.4 Å². The molecule has 6 nitrogen and oxygen atoms in total. The van der Waals surface area contributed by atoms with E-state index in [0.29, 0.717) is 25.3 Å². The Labute approximate surface area is 163 Å². The number of rotatable bonds is 6. The van der Waals surface area contributed by atoms with Crippen LogP contribution in [0.15, 0.2) is 48.7 Å². The highest BCUT2D eigenvalue weighted by Gasteiger charge is 2.40. The van der Waals surface area contributed by atoms with E-state index in [1.165, 1.54) is 0 Å². The summed E-state index contributed by atoms with van der Waals surface area (Å²) in [6, 6.07) is 12.7. The van der Waals surface area contributed by atoms with Gasteiger partial charge >= 0.3 is 0 Å². The molecule has 2 aromatic rings. The largest absolute Gasteiger partial charge is 0.493 e. The first-order valence-corrected chi connectivity index (χ1v) is 9.23. The van der Waals surface area contributed by atoms with Crippen LogP contribution in [0.5, 0.6) is 5.75 Å². The molecule has 142 valence electrons. The third-order valence-corrected chi connectivity index (χ3v) is 5.08. The number of nitrogens with two attached hydrogens (primary N) is 1. The lowest BCUT2D eigenvalue weighted by molar-refractivity contribution is -0.122. The van der Waals surface area contributed by atoms with Crippen molar-refractivity contribution in [1.82, 2.24) is 9.88 Å².